The molecule has 112 valence electrons. The second-order valence-electron chi connectivity index (χ2n) is 4.85. The molecule has 0 atom stereocenters. The van der Waals surface area contributed by atoms with Crippen molar-refractivity contribution in [1.82, 2.24) is 20.2 Å². The molecule has 10 heteroatoms. The molecule has 0 amide bonds. The lowest BCUT2D eigenvalue weighted by atomic mass is 10.2. The number of hydrogen-bond donors (Lipinski definition) is 0. The van der Waals surface area contributed by atoms with Crippen LogP contribution in [-0.2, 0) is 6.54 Å². The largest absolute Gasteiger partial charge is 0.306 e. The van der Waals surface area contributed by atoms with Gasteiger partial charge in [0.15, 0.2) is 12.0 Å². The third kappa shape index (κ3) is 2.56. The Morgan fingerprint density at radius 3 is 2.95 bits per heavy atom. The van der Waals surface area contributed by atoms with Crippen LogP contribution in [0.1, 0.15) is 24.7 Å². The van der Waals surface area contributed by atoms with Gasteiger partial charge in [-0.1, -0.05) is 0 Å². The summed E-state index contributed by atoms with van der Waals surface area (Å²) in [6, 6.07) is 3.52. The molecule has 0 spiro atoms. The maximum Gasteiger partial charge on any atom is 0.306 e. The highest BCUT2D eigenvalue weighted by atomic mass is 19.1. The summed E-state index contributed by atoms with van der Waals surface area (Å²) in [5.41, 5.74) is -0.472. The minimum Gasteiger partial charge on any atom is -0.272 e. The Balaban J connectivity index is 1.88. The van der Waals surface area contributed by atoms with E-state index in [0.29, 0.717) is 5.82 Å². The molecule has 2 aromatic rings. The van der Waals surface area contributed by atoms with Crippen molar-refractivity contribution in [3.05, 3.63) is 40.0 Å². The fourth-order valence-electron chi connectivity index (χ4n) is 2.05. The highest BCUT2D eigenvalue weighted by Crippen LogP contribution is 2.34. The fraction of sp³-hybridized carbons (Fsp3) is 0.333. The van der Waals surface area contributed by atoms with Gasteiger partial charge in [0.2, 0.25) is 5.82 Å². The summed E-state index contributed by atoms with van der Waals surface area (Å²) in [7, 11) is 0. The summed E-state index contributed by atoms with van der Waals surface area (Å²) in [4.78, 5) is 11.1. The molecule has 0 radical (unpaired) electrons. The van der Waals surface area contributed by atoms with Gasteiger partial charge in [-0.15, -0.1) is 5.10 Å². The number of hydrogen-bond acceptors (Lipinski definition) is 7. The average Bonchev–Trinajstić information content (AvgIpc) is 3.24. The maximum absolute atomic E-state index is 13.4. The summed E-state index contributed by atoms with van der Waals surface area (Å²) in [5, 5.41) is 31.4. The van der Waals surface area contributed by atoms with Crippen LogP contribution in [-0.4, -0.2) is 25.1 Å². The third-order valence-electron chi connectivity index (χ3n) is 3.31. The van der Waals surface area contributed by atoms with Crippen molar-refractivity contribution < 1.29 is 9.31 Å². The standard InChI is InChI=1S/C12H10FN7O2/c13-10-4-3-9(5-11(10)20(21)22)18(7-14)6-12-15-16-17-19(12)8-1-2-8/h3-5,8H,1-2,6H2. The first kappa shape index (κ1) is 13.9. The van der Waals surface area contributed by atoms with Gasteiger partial charge in [-0.25, -0.2) is 4.68 Å². The number of rotatable bonds is 5. The number of benzene rings is 1. The molecular weight excluding hydrogens is 293 g/mol. The van der Waals surface area contributed by atoms with E-state index in [1.165, 1.54) is 11.0 Å². The Bertz CT molecular complexity index is 765. The van der Waals surface area contributed by atoms with Crippen molar-refractivity contribution >= 4 is 11.4 Å². The molecule has 1 heterocycles. The highest BCUT2D eigenvalue weighted by Gasteiger charge is 2.28. The summed E-state index contributed by atoms with van der Waals surface area (Å²) in [5.74, 6) is -0.467. The van der Waals surface area contributed by atoms with E-state index in [-0.39, 0.29) is 18.3 Å². The van der Waals surface area contributed by atoms with Crippen molar-refractivity contribution in [3.8, 4) is 6.19 Å². The Labute approximate surface area is 123 Å². The van der Waals surface area contributed by atoms with Crippen LogP contribution >= 0.6 is 0 Å². The minimum absolute atomic E-state index is 0.0583. The number of nitrogens with zero attached hydrogens (tertiary/aromatic N) is 7. The number of nitro groups is 1. The smallest absolute Gasteiger partial charge is 0.272 e. The topological polar surface area (TPSA) is 114 Å². The van der Waals surface area contributed by atoms with Gasteiger partial charge in [0.25, 0.3) is 0 Å². The molecule has 22 heavy (non-hydrogen) atoms. The van der Waals surface area contributed by atoms with Crippen LogP contribution in [0.15, 0.2) is 18.2 Å². The molecule has 0 aliphatic heterocycles. The first-order valence-electron chi connectivity index (χ1n) is 6.48. The van der Waals surface area contributed by atoms with Crippen LogP contribution in [0.2, 0.25) is 0 Å². The number of aromatic nitrogens is 4. The zero-order valence-corrected chi connectivity index (χ0v) is 11.3. The molecule has 1 aromatic heterocycles. The first-order chi connectivity index (χ1) is 10.6. The number of nitro benzene ring substituents is 1. The van der Waals surface area contributed by atoms with Crippen LogP contribution in [0.3, 0.4) is 0 Å². The summed E-state index contributed by atoms with van der Waals surface area (Å²) in [6.07, 6.45) is 3.87. The van der Waals surface area contributed by atoms with E-state index < -0.39 is 16.4 Å². The van der Waals surface area contributed by atoms with Gasteiger partial charge in [-0.3, -0.25) is 15.0 Å². The molecule has 0 bridgehead atoms. The van der Waals surface area contributed by atoms with Crippen molar-refractivity contribution in [3.63, 3.8) is 0 Å². The average molecular weight is 303 g/mol. The molecule has 1 aliphatic rings. The lowest BCUT2D eigenvalue weighted by Crippen LogP contribution is -2.19. The van der Waals surface area contributed by atoms with Crippen LogP contribution < -0.4 is 4.90 Å². The number of anilines is 1. The monoisotopic (exact) mass is 303 g/mol. The molecule has 3 rings (SSSR count). The molecule has 9 nitrogen and oxygen atoms in total. The molecule has 0 saturated heterocycles. The third-order valence-corrected chi connectivity index (χ3v) is 3.31. The molecular formula is C12H10FN7O2. The second kappa shape index (κ2) is 5.36. The van der Waals surface area contributed by atoms with E-state index in [0.717, 1.165) is 25.0 Å². The molecule has 1 saturated carbocycles. The second-order valence-corrected chi connectivity index (χ2v) is 4.85. The predicted molar refractivity (Wildman–Crippen MR) is 70.9 cm³/mol. The molecule has 1 aliphatic carbocycles. The van der Waals surface area contributed by atoms with Crippen LogP contribution in [0.4, 0.5) is 15.8 Å². The van der Waals surface area contributed by atoms with Crippen molar-refractivity contribution in [1.29, 1.82) is 5.26 Å². The summed E-state index contributed by atoms with van der Waals surface area (Å²) in [6.45, 7) is 0.0583. The van der Waals surface area contributed by atoms with E-state index in [9.17, 15) is 19.8 Å². The van der Waals surface area contributed by atoms with Gasteiger partial charge >= 0.3 is 5.69 Å². The zero-order valence-electron chi connectivity index (χ0n) is 11.3. The fourth-order valence-corrected chi connectivity index (χ4v) is 2.05. The van der Waals surface area contributed by atoms with Crippen LogP contribution in [0.25, 0.3) is 0 Å². The number of tetrazole rings is 1. The minimum atomic E-state index is -0.950. The summed E-state index contributed by atoms with van der Waals surface area (Å²) < 4.78 is 15.0. The zero-order chi connectivity index (χ0) is 15.7. The molecule has 1 aromatic carbocycles. The SMILES string of the molecule is N#CN(Cc1nnnn1C1CC1)c1ccc(F)c([N+](=O)[O-])c1. The van der Waals surface area contributed by atoms with E-state index in [1.54, 1.807) is 4.68 Å². The van der Waals surface area contributed by atoms with Crippen molar-refractivity contribution in [2.75, 3.05) is 4.90 Å². The molecule has 0 N–H and O–H groups in total. The lowest BCUT2D eigenvalue weighted by molar-refractivity contribution is -0.387. The van der Waals surface area contributed by atoms with E-state index in [1.807, 2.05) is 6.19 Å². The van der Waals surface area contributed by atoms with Crippen molar-refractivity contribution in [2.45, 2.75) is 25.4 Å². The number of halogens is 1. The maximum atomic E-state index is 13.4. The molecule has 1 fully saturated rings. The van der Waals surface area contributed by atoms with E-state index in [2.05, 4.69) is 15.5 Å². The summed E-state index contributed by atoms with van der Waals surface area (Å²) >= 11 is 0. The van der Waals surface area contributed by atoms with Gasteiger partial charge < -0.3 is 0 Å². The molecule has 0 unspecified atom stereocenters. The van der Waals surface area contributed by atoms with E-state index in [4.69, 9.17) is 0 Å². The first-order valence-corrected chi connectivity index (χ1v) is 6.48. The van der Waals surface area contributed by atoms with E-state index >= 15 is 0 Å². The van der Waals surface area contributed by atoms with Gasteiger partial charge in [-0.2, -0.15) is 9.65 Å². The Morgan fingerprint density at radius 2 is 2.32 bits per heavy atom. The number of nitriles is 1. The van der Waals surface area contributed by atoms with Gasteiger partial charge in [0.05, 0.1) is 23.2 Å². The normalized spacial score (nSPS) is 13.6. The Morgan fingerprint density at radius 1 is 1.55 bits per heavy atom. The quantitative estimate of drug-likeness (QED) is 0.356. The van der Waals surface area contributed by atoms with Gasteiger partial charge in [-0.05, 0) is 35.4 Å². The van der Waals surface area contributed by atoms with Crippen LogP contribution in [0, 0.1) is 27.4 Å². The Hall–Kier alpha value is -3.09. The van der Waals surface area contributed by atoms with Crippen molar-refractivity contribution in [2.24, 2.45) is 0 Å². The highest BCUT2D eigenvalue weighted by molar-refractivity contribution is 5.56. The lowest BCUT2D eigenvalue weighted by Gasteiger charge is -2.14. The van der Waals surface area contributed by atoms with Gasteiger partial charge in [0.1, 0.15) is 0 Å². The van der Waals surface area contributed by atoms with Crippen LogP contribution in [0.5, 0.6) is 0 Å². The predicted octanol–water partition coefficient (Wildman–Crippen LogP) is 1.54. The van der Waals surface area contributed by atoms with Gasteiger partial charge in [0, 0.05) is 6.07 Å². The Kier molecular flexibility index (Phi) is 3.38.